The molecular weight excluding hydrogens is 160 g/mol. The van der Waals surface area contributed by atoms with Gasteiger partial charge in [0, 0.05) is 0 Å². The van der Waals surface area contributed by atoms with Crippen LogP contribution in [0.15, 0.2) is 0 Å². The first-order valence-electron chi connectivity index (χ1n) is 2.67. The van der Waals surface area contributed by atoms with Gasteiger partial charge in [0.2, 0.25) is 0 Å². The van der Waals surface area contributed by atoms with E-state index in [2.05, 4.69) is 9.47 Å². The van der Waals surface area contributed by atoms with Crippen LogP contribution in [0.25, 0.3) is 0 Å². The second kappa shape index (κ2) is 2.88. The normalized spacial score (nSPS) is 25.5. The van der Waals surface area contributed by atoms with E-state index in [1.54, 1.807) is 0 Å². The first-order chi connectivity index (χ1) is 4.74. The Morgan fingerprint density at radius 2 is 2.20 bits per heavy atom. The zero-order chi connectivity index (χ0) is 7.56. The summed E-state index contributed by atoms with van der Waals surface area (Å²) in [5.41, 5.74) is 0. The molecule has 0 aliphatic carbocycles. The summed E-state index contributed by atoms with van der Waals surface area (Å²) in [5, 5.41) is 0. The summed E-state index contributed by atoms with van der Waals surface area (Å²) in [6.45, 7) is 0.0636. The molecule has 0 N–H and O–H groups in total. The van der Waals surface area contributed by atoms with Crippen molar-refractivity contribution in [3.8, 4) is 0 Å². The molecule has 0 saturated carbocycles. The fraction of sp³-hybridized carbons (Fsp3) is 0.600. The van der Waals surface area contributed by atoms with Gasteiger partial charge in [-0.2, -0.15) is 0 Å². The fourth-order valence-corrected chi connectivity index (χ4v) is 0.689. The lowest BCUT2D eigenvalue weighted by Gasteiger charge is -2.18. The summed E-state index contributed by atoms with van der Waals surface area (Å²) in [7, 11) is 0. The average Bonchev–Trinajstić information content (AvgIpc) is 1.95. The molecule has 56 valence electrons. The van der Waals surface area contributed by atoms with Crippen LogP contribution in [0.2, 0.25) is 0 Å². The monoisotopic (exact) mass is 164 g/mol. The van der Waals surface area contributed by atoms with E-state index >= 15 is 0 Å². The van der Waals surface area contributed by atoms with E-state index in [9.17, 15) is 9.59 Å². The molecule has 0 amide bonds. The van der Waals surface area contributed by atoms with Crippen LogP contribution >= 0.6 is 11.6 Å². The zero-order valence-corrected chi connectivity index (χ0v) is 5.76. The molecule has 0 aromatic rings. The topological polar surface area (TPSA) is 52.6 Å². The van der Waals surface area contributed by atoms with Gasteiger partial charge >= 0.3 is 11.9 Å². The average molecular weight is 165 g/mol. The van der Waals surface area contributed by atoms with Gasteiger partial charge in [-0.15, -0.1) is 11.6 Å². The summed E-state index contributed by atoms with van der Waals surface area (Å²) in [6.07, 6.45) is -0.480. The zero-order valence-electron chi connectivity index (χ0n) is 5.00. The third kappa shape index (κ3) is 1.39. The quantitative estimate of drug-likeness (QED) is 0.303. The van der Waals surface area contributed by atoms with E-state index in [1.807, 2.05) is 0 Å². The molecule has 0 radical (unpaired) electrons. The van der Waals surface area contributed by atoms with Crippen LogP contribution < -0.4 is 0 Å². The Morgan fingerprint density at radius 1 is 1.50 bits per heavy atom. The molecule has 1 rings (SSSR count). The summed E-state index contributed by atoms with van der Waals surface area (Å²) in [4.78, 5) is 20.7. The van der Waals surface area contributed by atoms with Gasteiger partial charge in [-0.25, -0.2) is 9.59 Å². The van der Waals surface area contributed by atoms with E-state index < -0.39 is 18.0 Å². The third-order valence-corrected chi connectivity index (χ3v) is 1.36. The minimum atomic E-state index is -0.961. The van der Waals surface area contributed by atoms with E-state index in [0.29, 0.717) is 0 Å². The molecule has 4 nitrogen and oxygen atoms in total. The molecule has 1 atom stereocenters. The number of cyclic esters (lactones) is 2. The molecular formula is C5H5ClO4. The van der Waals surface area contributed by atoms with E-state index in [1.165, 1.54) is 0 Å². The molecule has 1 aliphatic heterocycles. The van der Waals surface area contributed by atoms with E-state index in [-0.39, 0.29) is 12.5 Å². The van der Waals surface area contributed by atoms with Gasteiger partial charge in [-0.05, 0) is 0 Å². The summed E-state index contributed by atoms with van der Waals surface area (Å²) in [6, 6.07) is 0. The highest BCUT2D eigenvalue weighted by molar-refractivity contribution is 6.30. The fourth-order valence-electron chi connectivity index (χ4n) is 0.537. The molecule has 0 aromatic carbocycles. The molecule has 1 unspecified atom stereocenters. The Bertz CT molecular complexity index is 167. The Morgan fingerprint density at radius 3 is 2.70 bits per heavy atom. The van der Waals surface area contributed by atoms with Crippen LogP contribution in [0.4, 0.5) is 0 Å². The van der Waals surface area contributed by atoms with Crippen LogP contribution in [0.1, 0.15) is 0 Å². The van der Waals surface area contributed by atoms with Gasteiger partial charge in [0.05, 0.1) is 5.88 Å². The van der Waals surface area contributed by atoms with Crippen molar-refractivity contribution in [2.45, 2.75) is 6.10 Å². The minimum absolute atomic E-state index is 0.0636. The molecule has 0 aromatic heterocycles. The second-order valence-corrected chi connectivity index (χ2v) is 2.09. The Hall–Kier alpha value is -0.770. The number of hydrogen-bond acceptors (Lipinski definition) is 4. The summed E-state index contributed by atoms with van der Waals surface area (Å²) < 4.78 is 8.90. The summed E-state index contributed by atoms with van der Waals surface area (Å²) >= 11 is 5.32. The Balaban J connectivity index is 2.48. The number of rotatable bonds is 1. The van der Waals surface area contributed by atoms with E-state index in [0.717, 1.165) is 0 Å². The van der Waals surface area contributed by atoms with Crippen molar-refractivity contribution in [1.82, 2.24) is 0 Å². The predicted octanol–water partition coefficient (Wildman–Crippen LogP) is -0.306. The number of carbonyl (C=O) groups excluding carboxylic acids is 2. The maximum atomic E-state index is 10.4. The van der Waals surface area contributed by atoms with Crippen molar-refractivity contribution in [2.24, 2.45) is 0 Å². The maximum Gasteiger partial charge on any atom is 0.417 e. The maximum absolute atomic E-state index is 10.4. The Kier molecular flexibility index (Phi) is 2.11. The van der Waals surface area contributed by atoms with Gasteiger partial charge in [0.25, 0.3) is 0 Å². The predicted molar refractivity (Wildman–Crippen MR) is 31.6 cm³/mol. The lowest BCUT2D eigenvalue weighted by Crippen LogP contribution is -2.37. The number of alkyl halides is 1. The number of halogens is 1. The van der Waals surface area contributed by atoms with Crippen molar-refractivity contribution in [3.05, 3.63) is 0 Å². The van der Waals surface area contributed by atoms with Crippen LogP contribution in [0.5, 0.6) is 0 Å². The SMILES string of the molecule is O=C1OCC(CCl)OC1=O. The second-order valence-electron chi connectivity index (χ2n) is 1.78. The van der Waals surface area contributed by atoms with Crippen LogP contribution in [0, 0.1) is 0 Å². The largest absolute Gasteiger partial charge is 0.453 e. The summed E-state index contributed by atoms with van der Waals surface area (Å²) in [5.74, 6) is -1.75. The lowest BCUT2D eigenvalue weighted by atomic mass is 10.4. The smallest absolute Gasteiger partial charge is 0.417 e. The van der Waals surface area contributed by atoms with Gasteiger partial charge in [0.1, 0.15) is 12.7 Å². The van der Waals surface area contributed by atoms with Crippen molar-refractivity contribution >= 4 is 23.5 Å². The lowest BCUT2D eigenvalue weighted by molar-refractivity contribution is -0.183. The molecule has 1 heterocycles. The molecule has 1 saturated heterocycles. The Labute approximate surface area is 62.0 Å². The molecule has 5 heteroatoms. The molecule has 0 bridgehead atoms. The molecule has 1 aliphatic rings. The number of ether oxygens (including phenoxy) is 2. The van der Waals surface area contributed by atoms with Crippen LogP contribution in [-0.4, -0.2) is 30.5 Å². The highest BCUT2D eigenvalue weighted by Crippen LogP contribution is 2.04. The highest BCUT2D eigenvalue weighted by Gasteiger charge is 2.28. The van der Waals surface area contributed by atoms with Gasteiger partial charge in [0.15, 0.2) is 0 Å². The first kappa shape index (κ1) is 7.34. The first-order valence-corrected chi connectivity index (χ1v) is 3.21. The molecule has 0 spiro atoms. The molecule has 1 fully saturated rings. The van der Waals surface area contributed by atoms with Gasteiger partial charge in [-0.1, -0.05) is 0 Å². The van der Waals surface area contributed by atoms with Crippen molar-refractivity contribution < 1.29 is 19.1 Å². The van der Waals surface area contributed by atoms with Gasteiger partial charge in [-0.3, -0.25) is 0 Å². The third-order valence-electron chi connectivity index (χ3n) is 1.01. The van der Waals surface area contributed by atoms with Crippen molar-refractivity contribution in [2.75, 3.05) is 12.5 Å². The highest BCUT2D eigenvalue weighted by atomic mass is 35.5. The van der Waals surface area contributed by atoms with Crippen LogP contribution in [0.3, 0.4) is 0 Å². The number of carbonyl (C=O) groups is 2. The molecule has 10 heavy (non-hydrogen) atoms. The van der Waals surface area contributed by atoms with E-state index in [4.69, 9.17) is 11.6 Å². The van der Waals surface area contributed by atoms with Crippen molar-refractivity contribution in [3.63, 3.8) is 0 Å². The number of esters is 2. The minimum Gasteiger partial charge on any atom is -0.453 e. The van der Waals surface area contributed by atoms with Crippen molar-refractivity contribution in [1.29, 1.82) is 0 Å². The standard InChI is InChI=1S/C5H5ClO4/c6-1-3-2-9-4(7)5(8)10-3/h3H,1-2H2. The van der Waals surface area contributed by atoms with Gasteiger partial charge < -0.3 is 9.47 Å². The van der Waals surface area contributed by atoms with Crippen LogP contribution in [-0.2, 0) is 19.1 Å². The number of hydrogen-bond donors (Lipinski definition) is 0.